The van der Waals surface area contributed by atoms with Gasteiger partial charge in [0.15, 0.2) is 0 Å². The number of hydrogen-bond acceptors (Lipinski definition) is 5. The molecule has 2 aromatic rings. The average molecular weight is 391 g/mol. The third-order valence-corrected chi connectivity index (χ3v) is 5.58. The Morgan fingerprint density at radius 2 is 2.07 bits per heavy atom. The summed E-state index contributed by atoms with van der Waals surface area (Å²) in [6.45, 7) is 12.6. The van der Waals surface area contributed by atoms with Crippen molar-refractivity contribution in [2.24, 2.45) is 5.92 Å². The van der Waals surface area contributed by atoms with E-state index in [2.05, 4.69) is 44.0 Å². The number of amides is 1. The first-order valence-corrected chi connectivity index (χ1v) is 10.5. The molecule has 0 spiro atoms. The summed E-state index contributed by atoms with van der Waals surface area (Å²) < 4.78 is 13.0. The van der Waals surface area contributed by atoms with Crippen LogP contribution in [0.2, 0.25) is 0 Å². The number of hydrogen-bond donors (Lipinski definition) is 0. The predicted octanol–water partition coefficient (Wildman–Crippen LogP) is 5.41. The topological polar surface area (TPSA) is 51.7 Å². The largest absolute Gasteiger partial charge is 0.444 e. The number of piperidine rings is 1. The quantitative estimate of drug-likeness (QED) is 0.703. The van der Waals surface area contributed by atoms with Gasteiger partial charge in [-0.3, -0.25) is 0 Å². The van der Waals surface area contributed by atoms with Crippen molar-refractivity contribution in [1.82, 2.24) is 9.88 Å². The number of nitrogens with zero attached hydrogens (tertiary/aromatic N) is 2. The molecule has 2 heterocycles. The molecule has 3 rings (SSSR count). The van der Waals surface area contributed by atoms with Gasteiger partial charge in [0.1, 0.15) is 5.60 Å². The van der Waals surface area contributed by atoms with Gasteiger partial charge in [0.2, 0.25) is 0 Å². The van der Waals surface area contributed by atoms with Gasteiger partial charge in [-0.1, -0.05) is 13.0 Å². The maximum atomic E-state index is 12.9. The van der Waals surface area contributed by atoms with E-state index in [4.69, 9.17) is 9.47 Å². The number of ether oxygens (including phenoxy) is 2. The minimum atomic E-state index is -0.519. The van der Waals surface area contributed by atoms with E-state index in [1.807, 2.05) is 31.2 Å². The zero-order valence-electron chi connectivity index (χ0n) is 17.1. The molecule has 1 unspecified atom stereocenters. The zero-order chi connectivity index (χ0) is 19.8. The summed E-state index contributed by atoms with van der Waals surface area (Å²) in [6, 6.07) is 6.21. The van der Waals surface area contributed by atoms with Crippen molar-refractivity contribution in [1.29, 1.82) is 0 Å². The van der Waals surface area contributed by atoms with Crippen LogP contribution in [0.3, 0.4) is 0 Å². The predicted molar refractivity (Wildman–Crippen MR) is 109 cm³/mol. The highest BCUT2D eigenvalue weighted by Gasteiger charge is 2.39. The fourth-order valence-corrected chi connectivity index (χ4v) is 4.25. The van der Waals surface area contributed by atoms with Gasteiger partial charge >= 0.3 is 6.09 Å². The molecule has 6 heteroatoms. The van der Waals surface area contributed by atoms with Gasteiger partial charge < -0.3 is 14.4 Å². The van der Waals surface area contributed by atoms with E-state index in [1.165, 1.54) is 0 Å². The second-order valence-electron chi connectivity index (χ2n) is 8.66. The average Bonchev–Trinajstić information content (AvgIpc) is 3.01. The van der Waals surface area contributed by atoms with E-state index < -0.39 is 5.60 Å². The Kier molecular flexibility index (Phi) is 5.77. The maximum absolute atomic E-state index is 12.9. The molecule has 0 bridgehead atoms. The normalized spacial score (nSPS) is 23.8. The monoisotopic (exact) mass is 390 g/mol. The summed E-state index contributed by atoms with van der Waals surface area (Å²) in [6.07, 6.45) is 0.765. The lowest BCUT2D eigenvalue weighted by Gasteiger charge is -2.43. The van der Waals surface area contributed by atoms with E-state index in [0.29, 0.717) is 6.54 Å². The smallest absolute Gasteiger partial charge is 0.410 e. The Balaban J connectivity index is 1.92. The number of aromatic nitrogens is 1. The lowest BCUT2D eigenvalue weighted by atomic mass is 9.87. The second kappa shape index (κ2) is 7.76. The molecule has 1 aromatic heterocycles. The number of benzene rings is 1. The molecule has 3 atom stereocenters. The molecule has 1 amide bonds. The molecule has 1 aromatic carbocycles. The Labute approximate surface area is 165 Å². The summed E-state index contributed by atoms with van der Waals surface area (Å²) in [5.74, 6) is 0.249. The number of thiazole rings is 1. The van der Waals surface area contributed by atoms with Crippen molar-refractivity contribution in [2.75, 3.05) is 6.54 Å². The SMILES string of the molecule is CC(C)OC1C[C@@H](c2ccc3scnc3c2)N(C(=O)OC(C)(C)C)C[C@@H]1C. The molecule has 5 nitrogen and oxygen atoms in total. The summed E-state index contributed by atoms with van der Waals surface area (Å²) in [7, 11) is 0. The number of carbonyl (C=O) groups is 1. The highest BCUT2D eigenvalue weighted by Crippen LogP contribution is 2.37. The van der Waals surface area contributed by atoms with Crippen LogP contribution in [0.25, 0.3) is 10.2 Å². The van der Waals surface area contributed by atoms with Crippen LogP contribution in [0.1, 0.15) is 59.6 Å². The van der Waals surface area contributed by atoms with E-state index in [1.54, 1.807) is 11.3 Å². The second-order valence-corrected chi connectivity index (χ2v) is 9.55. The zero-order valence-corrected chi connectivity index (χ0v) is 17.9. The first-order valence-electron chi connectivity index (χ1n) is 9.62. The fraction of sp³-hybridized carbons (Fsp3) is 0.619. The summed E-state index contributed by atoms with van der Waals surface area (Å²) in [5, 5.41) is 0. The van der Waals surface area contributed by atoms with Crippen molar-refractivity contribution in [3.63, 3.8) is 0 Å². The van der Waals surface area contributed by atoms with Crippen LogP contribution in [-0.4, -0.2) is 40.3 Å². The Morgan fingerprint density at radius 1 is 1.33 bits per heavy atom. The molecular formula is C21H30N2O3S. The molecule has 1 aliphatic heterocycles. The molecule has 148 valence electrons. The molecule has 27 heavy (non-hydrogen) atoms. The molecule has 0 saturated carbocycles. The molecular weight excluding hydrogens is 360 g/mol. The van der Waals surface area contributed by atoms with Crippen LogP contribution in [0.15, 0.2) is 23.7 Å². The molecule has 0 radical (unpaired) electrons. The minimum Gasteiger partial charge on any atom is -0.444 e. The number of fused-ring (bicyclic) bond motifs is 1. The molecule has 0 aliphatic carbocycles. The first-order chi connectivity index (χ1) is 12.6. The van der Waals surface area contributed by atoms with Crippen molar-refractivity contribution in [3.8, 4) is 0 Å². The van der Waals surface area contributed by atoms with E-state index in [9.17, 15) is 4.79 Å². The highest BCUT2D eigenvalue weighted by atomic mass is 32.1. The maximum Gasteiger partial charge on any atom is 0.410 e. The third-order valence-electron chi connectivity index (χ3n) is 4.77. The van der Waals surface area contributed by atoms with Crippen molar-refractivity contribution < 1.29 is 14.3 Å². The van der Waals surface area contributed by atoms with Crippen molar-refractivity contribution in [2.45, 2.75) is 71.8 Å². The Bertz CT molecular complexity index is 796. The van der Waals surface area contributed by atoms with Gasteiger partial charge in [-0.05, 0) is 58.7 Å². The Morgan fingerprint density at radius 3 is 2.74 bits per heavy atom. The van der Waals surface area contributed by atoms with Crippen LogP contribution in [-0.2, 0) is 9.47 Å². The molecule has 1 saturated heterocycles. The highest BCUT2D eigenvalue weighted by molar-refractivity contribution is 7.16. The van der Waals surface area contributed by atoms with Gasteiger partial charge in [-0.25, -0.2) is 9.78 Å². The van der Waals surface area contributed by atoms with Crippen molar-refractivity contribution in [3.05, 3.63) is 29.3 Å². The molecule has 0 N–H and O–H groups in total. The standard InChI is InChI=1S/C21H30N2O3S/c1-13(2)25-18-10-17(15-7-8-19-16(9-15)22-12-27-19)23(11-14(18)3)20(24)26-21(4,5)6/h7-9,12-14,17-18H,10-11H2,1-6H3/t14-,17-,18?/m0/s1. The third kappa shape index (κ3) is 4.79. The van der Waals surface area contributed by atoms with Crippen molar-refractivity contribution >= 4 is 27.6 Å². The van der Waals surface area contributed by atoms with Crippen LogP contribution in [0.4, 0.5) is 4.79 Å². The van der Waals surface area contributed by atoms with E-state index >= 15 is 0 Å². The van der Waals surface area contributed by atoms with Crippen LogP contribution >= 0.6 is 11.3 Å². The van der Waals surface area contributed by atoms with Crippen LogP contribution < -0.4 is 0 Å². The lowest BCUT2D eigenvalue weighted by molar-refractivity contribution is -0.0774. The van der Waals surface area contributed by atoms with Gasteiger partial charge in [0.25, 0.3) is 0 Å². The minimum absolute atomic E-state index is 0.0779. The van der Waals surface area contributed by atoms with E-state index in [0.717, 1.165) is 22.2 Å². The molecule has 1 aliphatic rings. The van der Waals surface area contributed by atoms with Crippen LogP contribution in [0.5, 0.6) is 0 Å². The first kappa shape index (κ1) is 20.1. The number of carbonyl (C=O) groups excluding carboxylic acids is 1. The number of rotatable bonds is 3. The van der Waals surface area contributed by atoms with E-state index in [-0.39, 0.29) is 30.3 Å². The summed E-state index contributed by atoms with van der Waals surface area (Å²) in [4.78, 5) is 19.2. The molecule has 1 fully saturated rings. The fourth-order valence-electron chi connectivity index (χ4n) is 3.59. The lowest BCUT2D eigenvalue weighted by Crippen LogP contribution is -2.49. The summed E-state index contributed by atoms with van der Waals surface area (Å²) >= 11 is 1.63. The van der Waals surface area contributed by atoms with Crippen LogP contribution in [0, 0.1) is 5.92 Å². The number of likely N-dealkylation sites (tertiary alicyclic amines) is 1. The van der Waals surface area contributed by atoms with Gasteiger partial charge in [-0.2, -0.15) is 0 Å². The van der Waals surface area contributed by atoms with Gasteiger partial charge in [-0.15, -0.1) is 11.3 Å². The Hall–Kier alpha value is -1.66. The summed E-state index contributed by atoms with van der Waals surface area (Å²) in [5.41, 5.74) is 3.40. The van der Waals surface area contributed by atoms with Gasteiger partial charge in [0.05, 0.1) is 34.0 Å². The van der Waals surface area contributed by atoms with Gasteiger partial charge in [0, 0.05) is 12.5 Å².